The Morgan fingerprint density at radius 2 is 1.89 bits per heavy atom. The van der Waals surface area contributed by atoms with E-state index in [1.807, 2.05) is 6.92 Å². The predicted molar refractivity (Wildman–Crippen MR) is 100 cm³/mol. The van der Waals surface area contributed by atoms with E-state index in [1.165, 1.54) is 24.3 Å². The van der Waals surface area contributed by atoms with E-state index in [2.05, 4.69) is 17.6 Å². The van der Waals surface area contributed by atoms with Crippen LogP contribution in [0.25, 0.3) is 0 Å². The monoisotopic (exact) mass is 377 g/mol. The smallest absolute Gasteiger partial charge is 0.325 e. The van der Waals surface area contributed by atoms with Crippen molar-refractivity contribution in [1.29, 1.82) is 0 Å². The van der Waals surface area contributed by atoms with Crippen molar-refractivity contribution in [3.63, 3.8) is 0 Å². The molecule has 2 N–H and O–H groups in total. The van der Waals surface area contributed by atoms with Gasteiger partial charge in [-0.25, -0.2) is 9.18 Å². The number of nitrogens with one attached hydrogen (secondary N) is 2. The Morgan fingerprint density at radius 1 is 1.22 bits per heavy atom. The summed E-state index contributed by atoms with van der Waals surface area (Å²) in [7, 11) is 0. The van der Waals surface area contributed by atoms with Crippen molar-refractivity contribution in [1.82, 2.24) is 15.5 Å². The Hall–Kier alpha value is -2.44. The molecule has 27 heavy (non-hydrogen) atoms. The van der Waals surface area contributed by atoms with Crippen LogP contribution in [0, 0.1) is 5.82 Å². The Kier molecular flexibility index (Phi) is 6.93. The minimum absolute atomic E-state index is 0.0159. The normalized spacial score (nSPS) is 20.5. The second-order valence-electron chi connectivity index (χ2n) is 7.05. The average molecular weight is 377 g/mol. The first-order valence-electron chi connectivity index (χ1n) is 9.53. The molecule has 0 saturated carbocycles. The van der Waals surface area contributed by atoms with Crippen LogP contribution in [0.15, 0.2) is 24.3 Å². The van der Waals surface area contributed by atoms with E-state index in [1.54, 1.807) is 6.92 Å². The Bertz CT molecular complexity index is 692. The molecule has 0 aliphatic carbocycles. The number of urea groups is 1. The van der Waals surface area contributed by atoms with E-state index < -0.39 is 23.3 Å². The van der Waals surface area contributed by atoms with Crippen LogP contribution in [0.1, 0.15) is 58.4 Å². The van der Waals surface area contributed by atoms with Crippen molar-refractivity contribution in [2.24, 2.45) is 0 Å². The third kappa shape index (κ3) is 4.64. The van der Waals surface area contributed by atoms with Gasteiger partial charge in [0.1, 0.15) is 17.9 Å². The van der Waals surface area contributed by atoms with Gasteiger partial charge in [0.2, 0.25) is 5.91 Å². The lowest BCUT2D eigenvalue weighted by Crippen LogP contribution is -2.45. The summed E-state index contributed by atoms with van der Waals surface area (Å²) in [4.78, 5) is 38.5. The number of unbranched alkanes of at least 4 members (excludes halogenated alkanes) is 2. The topological polar surface area (TPSA) is 78.5 Å². The van der Waals surface area contributed by atoms with Gasteiger partial charge in [0.25, 0.3) is 5.91 Å². The van der Waals surface area contributed by atoms with Crippen LogP contribution in [0.5, 0.6) is 0 Å². The summed E-state index contributed by atoms with van der Waals surface area (Å²) < 4.78 is 13.2. The molecule has 0 radical (unpaired) electrons. The quantitative estimate of drug-likeness (QED) is 0.513. The highest BCUT2D eigenvalue weighted by Crippen LogP contribution is 2.32. The van der Waals surface area contributed by atoms with Crippen molar-refractivity contribution < 1.29 is 18.8 Å². The highest BCUT2D eigenvalue weighted by Gasteiger charge is 2.51. The maximum absolute atomic E-state index is 13.2. The van der Waals surface area contributed by atoms with Gasteiger partial charge >= 0.3 is 6.03 Å². The van der Waals surface area contributed by atoms with E-state index in [0.717, 1.165) is 30.6 Å². The molecule has 1 saturated heterocycles. The zero-order chi connectivity index (χ0) is 20.0. The Labute approximate surface area is 159 Å². The van der Waals surface area contributed by atoms with E-state index in [4.69, 9.17) is 0 Å². The molecule has 0 spiro atoms. The summed E-state index contributed by atoms with van der Waals surface area (Å²) in [6.07, 6.45) is 4.38. The van der Waals surface area contributed by atoms with Gasteiger partial charge in [-0.3, -0.25) is 14.5 Å². The number of halogens is 1. The third-order valence-corrected chi connectivity index (χ3v) is 4.99. The van der Waals surface area contributed by atoms with Crippen molar-refractivity contribution in [3.05, 3.63) is 35.6 Å². The molecule has 4 amide bonds. The van der Waals surface area contributed by atoms with Gasteiger partial charge in [0, 0.05) is 6.04 Å². The summed E-state index contributed by atoms with van der Waals surface area (Å²) in [5.41, 5.74) is -0.766. The minimum atomic E-state index is -1.27. The lowest BCUT2D eigenvalue weighted by Gasteiger charge is -2.25. The molecule has 1 aromatic carbocycles. The predicted octanol–water partition coefficient (Wildman–Crippen LogP) is 3.07. The second-order valence-corrected chi connectivity index (χ2v) is 7.05. The van der Waals surface area contributed by atoms with Crippen LogP contribution < -0.4 is 10.6 Å². The fourth-order valence-electron chi connectivity index (χ4n) is 3.38. The number of benzene rings is 1. The van der Waals surface area contributed by atoms with Crippen LogP contribution in [0.3, 0.4) is 0 Å². The maximum Gasteiger partial charge on any atom is 0.325 e. The molecule has 0 unspecified atom stereocenters. The van der Waals surface area contributed by atoms with Crippen LogP contribution in [0.2, 0.25) is 0 Å². The third-order valence-electron chi connectivity index (χ3n) is 4.99. The van der Waals surface area contributed by atoms with Crippen LogP contribution in [0.4, 0.5) is 9.18 Å². The number of hydrogen-bond acceptors (Lipinski definition) is 3. The molecule has 2 atom stereocenters. The number of carbonyl (C=O) groups is 3. The molecule has 0 bridgehead atoms. The van der Waals surface area contributed by atoms with Gasteiger partial charge in [-0.1, -0.05) is 45.2 Å². The number of nitrogens with zero attached hydrogens (tertiary/aromatic N) is 1. The zero-order valence-corrected chi connectivity index (χ0v) is 16.2. The van der Waals surface area contributed by atoms with Crippen LogP contribution in [-0.4, -0.2) is 35.3 Å². The maximum atomic E-state index is 13.2. The molecule has 1 fully saturated rings. The second kappa shape index (κ2) is 8.97. The molecule has 2 rings (SSSR count). The molecule has 7 heteroatoms. The average Bonchev–Trinajstić information content (AvgIpc) is 2.87. The van der Waals surface area contributed by atoms with E-state index in [-0.39, 0.29) is 18.5 Å². The van der Waals surface area contributed by atoms with Gasteiger partial charge in [-0.2, -0.15) is 0 Å². The van der Waals surface area contributed by atoms with E-state index in [0.29, 0.717) is 12.0 Å². The fourth-order valence-corrected chi connectivity index (χ4v) is 3.38. The lowest BCUT2D eigenvalue weighted by molar-refractivity contribution is -0.135. The van der Waals surface area contributed by atoms with Crippen LogP contribution in [-0.2, 0) is 15.1 Å². The molecule has 0 aromatic heterocycles. The lowest BCUT2D eigenvalue weighted by atomic mass is 9.87. The summed E-state index contributed by atoms with van der Waals surface area (Å²) in [6.45, 7) is 5.46. The van der Waals surface area contributed by atoms with Gasteiger partial charge in [0.15, 0.2) is 0 Å². The van der Waals surface area contributed by atoms with E-state index >= 15 is 0 Å². The highest BCUT2D eigenvalue weighted by molar-refractivity contribution is 6.09. The first-order chi connectivity index (χ1) is 12.8. The molecule has 1 heterocycles. The zero-order valence-electron chi connectivity index (χ0n) is 16.2. The standard InChI is InChI=1S/C20H28FN3O3/c1-4-6-7-8-14(3)22-17(25)13-24-18(26)20(5-2,23-19(24)27)15-9-11-16(21)12-10-15/h9-12,14H,4-8,13H2,1-3H3,(H,22,25)(H,23,27)/t14-,20-/m1/s1. The molecule has 148 valence electrons. The number of rotatable bonds is 9. The summed E-state index contributed by atoms with van der Waals surface area (Å²) in [6, 6.07) is 4.84. The number of imide groups is 1. The molecular formula is C20H28FN3O3. The largest absolute Gasteiger partial charge is 0.352 e. The molecule has 6 nitrogen and oxygen atoms in total. The van der Waals surface area contributed by atoms with E-state index in [9.17, 15) is 18.8 Å². The van der Waals surface area contributed by atoms with Crippen molar-refractivity contribution in [2.45, 2.75) is 64.5 Å². The first kappa shape index (κ1) is 20.9. The Balaban J connectivity index is 2.06. The first-order valence-corrected chi connectivity index (χ1v) is 9.53. The van der Waals surface area contributed by atoms with Gasteiger partial charge in [-0.05, 0) is 37.5 Å². The summed E-state index contributed by atoms with van der Waals surface area (Å²) >= 11 is 0. The van der Waals surface area contributed by atoms with Crippen molar-refractivity contribution in [2.75, 3.05) is 6.54 Å². The number of hydrogen-bond donors (Lipinski definition) is 2. The molecular weight excluding hydrogens is 349 g/mol. The van der Waals surface area contributed by atoms with Gasteiger partial charge < -0.3 is 10.6 Å². The SMILES string of the molecule is CCCCC[C@@H](C)NC(=O)CN1C(=O)N[C@](CC)(c2ccc(F)cc2)C1=O. The molecule has 1 aromatic rings. The number of carbonyl (C=O) groups excluding carboxylic acids is 3. The summed E-state index contributed by atoms with van der Waals surface area (Å²) in [5.74, 6) is -1.28. The Morgan fingerprint density at radius 3 is 2.48 bits per heavy atom. The van der Waals surface area contributed by atoms with Crippen LogP contribution >= 0.6 is 0 Å². The van der Waals surface area contributed by atoms with Gasteiger partial charge in [0.05, 0.1) is 0 Å². The fraction of sp³-hybridized carbons (Fsp3) is 0.550. The van der Waals surface area contributed by atoms with Crippen molar-refractivity contribution >= 4 is 17.8 Å². The summed E-state index contributed by atoms with van der Waals surface area (Å²) in [5, 5.41) is 5.53. The molecule has 1 aliphatic rings. The molecule has 1 aliphatic heterocycles. The minimum Gasteiger partial charge on any atom is -0.352 e. The van der Waals surface area contributed by atoms with Crippen molar-refractivity contribution in [3.8, 4) is 0 Å². The number of amides is 4. The highest BCUT2D eigenvalue weighted by atomic mass is 19.1. The van der Waals surface area contributed by atoms with Gasteiger partial charge in [-0.15, -0.1) is 0 Å².